The van der Waals surface area contributed by atoms with Crippen molar-refractivity contribution in [3.63, 3.8) is 0 Å². The average Bonchev–Trinajstić information content (AvgIpc) is 3.99. The minimum atomic E-state index is -0.491. The molecule has 11 aromatic rings. The van der Waals surface area contributed by atoms with E-state index >= 15 is 0 Å². The van der Waals surface area contributed by atoms with E-state index in [1.54, 1.807) is 0 Å². The maximum atomic E-state index is 2.51. The van der Waals surface area contributed by atoms with E-state index in [0.29, 0.717) is 5.92 Å². The van der Waals surface area contributed by atoms with Crippen LogP contribution in [0.5, 0.6) is 0 Å². The van der Waals surface area contributed by atoms with Crippen molar-refractivity contribution in [3.05, 3.63) is 264 Å². The van der Waals surface area contributed by atoms with E-state index in [-0.39, 0.29) is 0 Å². The van der Waals surface area contributed by atoms with Gasteiger partial charge in [0.05, 0.1) is 27.5 Å². The monoisotopic (exact) mass is 802 g/mol. The zero-order valence-electron chi connectivity index (χ0n) is 34.7. The molecular weight excluding hydrogens is 761 g/mol. The molecule has 0 radical (unpaired) electrons. The Kier molecular flexibility index (Phi) is 7.98. The maximum absolute atomic E-state index is 2.51. The molecule has 1 atom stereocenters. The van der Waals surface area contributed by atoms with E-state index in [1.807, 2.05) is 0 Å². The molecule has 0 spiro atoms. The van der Waals surface area contributed by atoms with Gasteiger partial charge in [0.1, 0.15) is 0 Å². The van der Waals surface area contributed by atoms with Crippen LogP contribution >= 0.6 is 0 Å². The summed E-state index contributed by atoms with van der Waals surface area (Å²) >= 11 is 0. The lowest BCUT2D eigenvalue weighted by atomic mass is 9.67. The molecule has 0 saturated heterocycles. The van der Waals surface area contributed by atoms with Gasteiger partial charge in [-0.05, 0) is 99.5 Å². The highest BCUT2D eigenvalue weighted by molar-refractivity contribution is 6.16. The standard InChI is InChI=1S/C61H42N2/c1-4-17-41(18-5-1)42-31-35-47(36-32-42)63-57-30-15-12-25-51(57)52-27-16-26-48(60(52)63)43-33-37-58-53(39-43)54-40-45(34-38-59(54)62(58)46-21-8-3-9-22-46)61(44-19-6-2-7-20-44)55-28-13-10-23-49(55)50-24-11-14-29-56(50)61/h1-31,33-40,42H,32H2. The molecule has 2 aromatic heterocycles. The predicted octanol–water partition coefficient (Wildman–Crippen LogP) is 15.5. The Morgan fingerprint density at radius 3 is 1.73 bits per heavy atom. The molecule has 9 aromatic carbocycles. The van der Waals surface area contributed by atoms with Crippen LogP contribution in [0.2, 0.25) is 0 Å². The molecule has 0 fully saturated rings. The fourth-order valence-electron chi connectivity index (χ4n) is 11.2. The average molecular weight is 803 g/mol. The van der Waals surface area contributed by atoms with Crippen molar-refractivity contribution < 1.29 is 0 Å². The van der Waals surface area contributed by atoms with E-state index in [0.717, 1.165) is 12.1 Å². The second kappa shape index (κ2) is 14.1. The molecule has 13 rings (SSSR count). The lowest BCUT2D eigenvalue weighted by molar-refractivity contribution is 0.770. The first-order valence-electron chi connectivity index (χ1n) is 22.1. The molecule has 0 aliphatic heterocycles. The Labute approximate surface area is 367 Å². The first-order valence-corrected chi connectivity index (χ1v) is 22.1. The van der Waals surface area contributed by atoms with E-state index < -0.39 is 5.41 Å². The third-order valence-corrected chi connectivity index (χ3v) is 13.9. The molecule has 63 heavy (non-hydrogen) atoms. The van der Waals surface area contributed by atoms with E-state index in [4.69, 9.17) is 0 Å². The van der Waals surface area contributed by atoms with Crippen molar-refractivity contribution in [2.24, 2.45) is 0 Å². The molecule has 2 heterocycles. The Balaban J connectivity index is 1.06. The molecular formula is C61H42N2. The highest BCUT2D eigenvalue weighted by Gasteiger charge is 2.46. The molecule has 2 aliphatic rings. The van der Waals surface area contributed by atoms with Crippen LogP contribution in [0.3, 0.4) is 0 Å². The summed E-state index contributed by atoms with van der Waals surface area (Å²) in [7, 11) is 0. The molecule has 0 amide bonds. The van der Waals surface area contributed by atoms with Crippen molar-refractivity contribution >= 4 is 49.3 Å². The summed E-state index contributed by atoms with van der Waals surface area (Å²) in [5.41, 5.74) is 18.3. The van der Waals surface area contributed by atoms with Gasteiger partial charge >= 0.3 is 0 Å². The molecule has 2 nitrogen and oxygen atoms in total. The van der Waals surface area contributed by atoms with Crippen LogP contribution in [-0.4, -0.2) is 9.13 Å². The van der Waals surface area contributed by atoms with Gasteiger partial charge in [-0.25, -0.2) is 0 Å². The zero-order chi connectivity index (χ0) is 41.5. The summed E-state index contributed by atoms with van der Waals surface area (Å²) in [6, 6.07) is 81.0. The molecule has 0 N–H and O–H groups in total. The summed E-state index contributed by atoms with van der Waals surface area (Å²) in [6.45, 7) is 0. The number of rotatable bonds is 6. The third kappa shape index (κ3) is 5.25. The third-order valence-electron chi connectivity index (χ3n) is 13.9. The first kappa shape index (κ1) is 35.8. The van der Waals surface area contributed by atoms with Crippen LogP contribution in [-0.2, 0) is 5.41 Å². The number of hydrogen-bond donors (Lipinski definition) is 0. The van der Waals surface area contributed by atoms with Gasteiger partial charge in [-0.15, -0.1) is 0 Å². The fourth-order valence-corrected chi connectivity index (χ4v) is 11.2. The van der Waals surface area contributed by atoms with Crippen LogP contribution in [0.15, 0.2) is 237 Å². The summed E-state index contributed by atoms with van der Waals surface area (Å²) in [4.78, 5) is 0. The quantitative estimate of drug-likeness (QED) is 0.158. The number of aromatic nitrogens is 2. The summed E-state index contributed by atoms with van der Waals surface area (Å²) in [5, 5.41) is 5.00. The van der Waals surface area contributed by atoms with E-state index in [2.05, 4.69) is 246 Å². The molecule has 2 aliphatic carbocycles. The second-order valence-corrected chi connectivity index (χ2v) is 17.1. The fraction of sp³-hybridized carbons (Fsp3) is 0.0492. The molecule has 0 bridgehead atoms. The molecule has 2 heteroatoms. The lowest BCUT2D eigenvalue weighted by Crippen LogP contribution is -2.28. The number of benzene rings is 9. The Bertz CT molecular complexity index is 3590. The highest BCUT2D eigenvalue weighted by Crippen LogP contribution is 2.56. The smallest absolute Gasteiger partial charge is 0.0713 e. The minimum Gasteiger partial charge on any atom is -0.309 e. The Morgan fingerprint density at radius 1 is 0.413 bits per heavy atom. The van der Waals surface area contributed by atoms with Gasteiger partial charge in [0.25, 0.3) is 0 Å². The molecule has 296 valence electrons. The largest absolute Gasteiger partial charge is 0.309 e. The zero-order valence-corrected chi connectivity index (χ0v) is 34.7. The topological polar surface area (TPSA) is 9.86 Å². The minimum absolute atomic E-state index is 0.365. The number of fused-ring (bicyclic) bond motifs is 9. The highest BCUT2D eigenvalue weighted by atomic mass is 15.0. The van der Waals surface area contributed by atoms with E-state index in [9.17, 15) is 0 Å². The number of hydrogen-bond acceptors (Lipinski definition) is 0. The SMILES string of the molecule is C1=CC(c2ccccc2)CC=C1n1c2ccccc2c2cccc(-c3ccc4c(c3)c3cc(C5(c6ccccc6)c6ccccc6-c6ccccc65)ccc3n4-c3ccccc3)c21. The number of nitrogens with zero attached hydrogens (tertiary/aromatic N) is 2. The van der Waals surface area contributed by atoms with Crippen molar-refractivity contribution in [1.82, 2.24) is 9.13 Å². The van der Waals surface area contributed by atoms with Crippen LogP contribution < -0.4 is 0 Å². The Hall–Kier alpha value is -7.94. The second-order valence-electron chi connectivity index (χ2n) is 17.1. The van der Waals surface area contributed by atoms with Crippen LogP contribution in [0.1, 0.15) is 40.2 Å². The maximum Gasteiger partial charge on any atom is 0.0713 e. The van der Waals surface area contributed by atoms with Crippen molar-refractivity contribution in [2.45, 2.75) is 17.8 Å². The van der Waals surface area contributed by atoms with Crippen LogP contribution in [0.4, 0.5) is 0 Å². The number of allylic oxidation sites excluding steroid dienone is 4. The van der Waals surface area contributed by atoms with Crippen molar-refractivity contribution in [2.75, 3.05) is 0 Å². The molecule has 0 saturated carbocycles. The van der Waals surface area contributed by atoms with Crippen LogP contribution in [0.25, 0.3) is 77.2 Å². The lowest BCUT2D eigenvalue weighted by Gasteiger charge is -2.34. The summed E-state index contributed by atoms with van der Waals surface area (Å²) in [5.74, 6) is 0.365. The van der Waals surface area contributed by atoms with Crippen molar-refractivity contribution in [1.29, 1.82) is 0 Å². The summed E-state index contributed by atoms with van der Waals surface area (Å²) in [6.07, 6.45) is 8.11. The van der Waals surface area contributed by atoms with Crippen molar-refractivity contribution in [3.8, 4) is 27.9 Å². The van der Waals surface area contributed by atoms with Gasteiger partial charge < -0.3 is 9.13 Å². The summed E-state index contributed by atoms with van der Waals surface area (Å²) < 4.78 is 4.95. The van der Waals surface area contributed by atoms with Gasteiger partial charge in [-0.1, -0.05) is 188 Å². The van der Waals surface area contributed by atoms with Gasteiger partial charge in [-0.3, -0.25) is 0 Å². The van der Waals surface area contributed by atoms with Gasteiger partial charge in [0, 0.05) is 44.4 Å². The van der Waals surface area contributed by atoms with Gasteiger partial charge in [0.2, 0.25) is 0 Å². The first-order chi connectivity index (χ1) is 31.3. The van der Waals surface area contributed by atoms with Gasteiger partial charge in [0.15, 0.2) is 0 Å². The predicted molar refractivity (Wildman–Crippen MR) is 264 cm³/mol. The normalized spacial score (nSPS) is 15.2. The molecule has 1 unspecified atom stereocenters. The van der Waals surface area contributed by atoms with E-state index in [1.165, 1.54) is 99.4 Å². The number of para-hydroxylation sites is 3. The van der Waals surface area contributed by atoms with Crippen LogP contribution in [0, 0.1) is 0 Å². The van der Waals surface area contributed by atoms with Gasteiger partial charge in [-0.2, -0.15) is 0 Å². The Morgan fingerprint density at radius 2 is 1.00 bits per heavy atom.